The topological polar surface area (TPSA) is 59.7 Å². The van der Waals surface area contributed by atoms with Crippen LogP contribution in [0.3, 0.4) is 0 Å². The molecule has 2 aromatic rings. The highest BCUT2D eigenvalue weighted by atomic mass is 16.5. The number of allylic oxidation sites excluding steroid dienone is 3. The van der Waals surface area contributed by atoms with Crippen LogP contribution in [0.25, 0.3) is 11.0 Å². The molecule has 4 nitrogen and oxygen atoms in total. The molecule has 0 saturated heterocycles. The van der Waals surface area contributed by atoms with Gasteiger partial charge in [-0.25, -0.2) is 4.79 Å². The summed E-state index contributed by atoms with van der Waals surface area (Å²) in [4.78, 5) is 11.3. The summed E-state index contributed by atoms with van der Waals surface area (Å²) < 4.78 is 10.7. The fraction of sp³-hybridized carbons (Fsp3) is 0.316. The van der Waals surface area contributed by atoms with Crippen LogP contribution in [0.4, 0.5) is 0 Å². The normalized spacial score (nSPS) is 11.5. The van der Waals surface area contributed by atoms with Gasteiger partial charge in [-0.2, -0.15) is 0 Å². The van der Waals surface area contributed by atoms with Crippen molar-refractivity contribution >= 4 is 11.0 Å². The van der Waals surface area contributed by atoms with Crippen molar-refractivity contribution in [1.82, 2.24) is 0 Å². The molecule has 0 bridgehead atoms. The summed E-state index contributed by atoms with van der Waals surface area (Å²) >= 11 is 0. The molecule has 0 fully saturated rings. The predicted molar refractivity (Wildman–Crippen MR) is 92.1 cm³/mol. The fourth-order valence-electron chi connectivity index (χ4n) is 2.19. The molecule has 1 aromatic carbocycles. The van der Waals surface area contributed by atoms with Crippen molar-refractivity contribution in [3.63, 3.8) is 0 Å². The molecule has 4 heteroatoms. The SMILES string of the molecule is CC(C)=CCCC(C)=CCOc1cc(O)c2ccc(=O)oc2c1. The van der Waals surface area contributed by atoms with E-state index >= 15 is 0 Å². The van der Waals surface area contributed by atoms with Crippen LogP contribution in [0, 0.1) is 0 Å². The molecule has 0 aliphatic heterocycles. The highest BCUT2D eigenvalue weighted by Gasteiger charge is 2.06. The van der Waals surface area contributed by atoms with Crippen molar-refractivity contribution < 1.29 is 14.3 Å². The summed E-state index contributed by atoms with van der Waals surface area (Å²) in [6.07, 6.45) is 6.24. The lowest BCUT2D eigenvalue weighted by atomic mass is 10.1. The van der Waals surface area contributed by atoms with Crippen LogP contribution in [0.5, 0.6) is 11.5 Å². The van der Waals surface area contributed by atoms with E-state index in [1.54, 1.807) is 6.07 Å². The Labute approximate surface area is 135 Å². The van der Waals surface area contributed by atoms with Crippen LogP contribution in [-0.2, 0) is 0 Å². The number of phenols is 1. The van der Waals surface area contributed by atoms with E-state index in [1.165, 1.54) is 29.3 Å². The number of hydrogen-bond donors (Lipinski definition) is 1. The molecule has 0 aliphatic rings. The zero-order chi connectivity index (χ0) is 16.8. The van der Waals surface area contributed by atoms with Crippen molar-refractivity contribution in [2.24, 2.45) is 0 Å². The summed E-state index contributed by atoms with van der Waals surface area (Å²) in [6, 6.07) is 5.95. The standard InChI is InChI=1S/C19H22O4/c1-13(2)5-4-6-14(3)9-10-22-15-11-17(20)16-7-8-19(21)23-18(16)12-15/h5,7-9,11-12,20H,4,6,10H2,1-3H3. The first-order valence-electron chi connectivity index (χ1n) is 7.64. The molecule has 122 valence electrons. The Bertz CT molecular complexity index is 793. The van der Waals surface area contributed by atoms with Gasteiger partial charge in [-0.15, -0.1) is 0 Å². The van der Waals surface area contributed by atoms with Gasteiger partial charge in [-0.3, -0.25) is 0 Å². The number of hydrogen-bond acceptors (Lipinski definition) is 4. The predicted octanol–water partition coefficient (Wildman–Crippen LogP) is 4.57. The minimum atomic E-state index is -0.455. The molecule has 0 atom stereocenters. The number of aromatic hydroxyl groups is 1. The van der Waals surface area contributed by atoms with E-state index in [0.717, 1.165) is 12.8 Å². The quantitative estimate of drug-likeness (QED) is 0.627. The van der Waals surface area contributed by atoms with E-state index in [9.17, 15) is 9.90 Å². The van der Waals surface area contributed by atoms with Crippen LogP contribution >= 0.6 is 0 Å². The third-order valence-corrected chi connectivity index (χ3v) is 3.46. The van der Waals surface area contributed by atoms with E-state index in [-0.39, 0.29) is 5.75 Å². The van der Waals surface area contributed by atoms with Crippen molar-refractivity contribution in [2.45, 2.75) is 33.6 Å². The number of fused-ring (bicyclic) bond motifs is 1. The lowest BCUT2D eigenvalue weighted by Crippen LogP contribution is -1.97. The molecule has 1 aromatic heterocycles. The Hall–Kier alpha value is -2.49. The van der Waals surface area contributed by atoms with Gasteiger partial charge >= 0.3 is 5.63 Å². The molecular weight excluding hydrogens is 292 g/mol. The van der Waals surface area contributed by atoms with E-state index in [0.29, 0.717) is 23.3 Å². The molecule has 0 saturated carbocycles. The highest BCUT2D eigenvalue weighted by Crippen LogP contribution is 2.29. The average molecular weight is 314 g/mol. The molecule has 1 heterocycles. The van der Waals surface area contributed by atoms with Crippen LogP contribution in [0.2, 0.25) is 0 Å². The van der Waals surface area contributed by atoms with Crippen LogP contribution < -0.4 is 10.4 Å². The second kappa shape index (κ2) is 7.68. The molecule has 0 radical (unpaired) electrons. The third-order valence-electron chi connectivity index (χ3n) is 3.46. The van der Waals surface area contributed by atoms with E-state index in [1.807, 2.05) is 6.08 Å². The molecule has 0 amide bonds. The van der Waals surface area contributed by atoms with Gasteiger partial charge in [0.2, 0.25) is 0 Å². The largest absolute Gasteiger partial charge is 0.507 e. The first-order valence-corrected chi connectivity index (χ1v) is 7.64. The van der Waals surface area contributed by atoms with Crippen molar-refractivity contribution in [3.05, 3.63) is 58.0 Å². The van der Waals surface area contributed by atoms with Crippen LogP contribution in [0.1, 0.15) is 33.6 Å². The van der Waals surface area contributed by atoms with Gasteiger partial charge in [0.25, 0.3) is 0 Å². The first kappa shape index (κ1) is 16.9. The molecule has 0 aliphatic carbocycles. The Morgan fingerprint density at radius 3 is 2.74 bits per heavy atom. The van der Waals surface area contributed by atoms with E-state index < -0.39 is 5.63 Å². The monoisotopic (exact) mass is 314 g/mol. The fourth-order valence-corrected chi connectivity index (χ4v) is 2.19. The van der Waals surface area contributed by atoms with Crippen LogP contribution in [0.15, 0.2) is 56.8 Å². The Morgan fingerprint density at radius 2 is 2.00 bits per heavy atom. The summed E-state index contributed by atoms with van der Waals surface area (Å²) in [5.41, 5.74) is 2.43. The summed E-state index contributed by atoms with van der Waals surface area (Å²) in [7, 11) is 0. The number of benzene rings is 1. The Kier molecular flexibility index (Phi) is 5.63. The summed E-state index contributed by atoms with van der Waals surface area (Å²) in [6.45, 7) is 6.65. The number of rotatable bonds is 6. The van der Waals surface area contributed by atoms with Gasteiger partial charge in [0.1, 0.15) is 23.7 Å². The number of phenolic OH excluding ortho intramolecular Hbond substituents is 1. The smallest absolute Gasteiger partial charge is 0.336 e. The zero-order valence-corrected chi connectivity index (χ0v) is 13.8. The van der Waals surface area contributed by atoms with Crippen LogP contribution in [-0.4, -0.2) is 11.7 Å². The van der Waals surface area contributed by atoms with Crippen molar-refractivity contribution in [2.75, 3.05) is 6.61 Å². The van der Waals surface area contributed by atoms with Crippen molar-refractivity contribution in [3.8, 4) is 11.5 Å². The second-order valence-corrected chi connectivity index (χ2v) is 5.79. The second-order valence-electron chi connectivity index (χ2n) is 5.79. The molecule has 23 heavy (non-hydrogen) atoms. The Morgan fingerprint density at radius 1 is 1.22 bits per heavy atom. The number of ether oxygens (including phenoxy) is 1. The lowest BCUT2D eigenvalue weighted by molar-refractivity contribution is 0.358. The average Bonchev–Trinajstić information content (AvgIpc) is 2.46. The maximum Gasteiger partial charge on any atom is 0.336 e. The van der Waals surface area contributed by atoms with Gasteiger partial charge in [0, 0.05) is 18.2 Å². The molecule has 1 N–H and O–H groups in total. The maximum absolute atomic E-state index is 11.3. The first-order chi connectivity index (χ1) is 11.0. The molecule has 0 unspecified atom stereocenters. The maximum atomic E-state index is 11.3. The van der Waals surface area contributed by atoms with E-state index in [2.05, 4.69) is 26.8 Å². The van der Waals surface area contributed by atoms with E-state index in [4.69, 9.17) is 9.15 Å². The Balaban J connectivity index is 2.02. The highest BCUT2D eigenvalue weighted by molar-refractivity contribution is 5.84. The minimum absolute atomic E-state index is 0.0329. The molecule has 0 spiro atoms. The zero-order valence-electron chi connectivity index (χ0n) is 13.8. The molecular formula is C19H22O4. The van der Waals surface area contributed by atoms with Gasteiger partial charge in [-0.1, -0.05) is 17.2 Å². The van der Waals surface area contributed by atoms with Gasteiger partial charge in [0.05, 0.1) is 5.39 Å². The summed E-state index contributed by atoms with van der Waals surface area (Å²) in [5, 5.41) is 10.4. The minimum Gasteiger partial charge on any atom is -0.507 e. The van der Waals surface area contributed by atoms with Gasteiger partial charge in [0.15, 0.2) is 0 Å². The lowest BCUT2D eigenvalue weighted by Gasteiger charge is -2.07. The summed E-state index contributed by atoms with van der Waals surface area (Å²) in [5.74, 6) is 0.503. The van der Waals surface area contributed by atoms with Gasteiger partial charge < -0.3 is 14.3 Å². The molecule has 2 rings (SSSR count). The van der Waals surface area contributed by atoms with Crippen molar-refractivity contribution in [1.29, 1.82) is 0 Å². The van der Waals surface area contributed by atoms with Gasteiger partial charge in [-0.05, 0) is 45.8 Å². The third kappa shape index (κ3) is 5.02.